The number of benzene rings is 1. The maximum atomic E-state index is 3.96. The maximum absolute atomic E-state index is 3.96. The molecule has 0 aliphatic carbocycles. The smallest absolute Gasteiger partial charge is 0.0481 e. The summed E-state index contributed by atoms with van der Waals surface area (Å²) >= 11 is 0. The van der Waals surface area contributed by atoms with Crippen molar-refractivity contribution in [3.63, 3.8) is 0 Å². The Kier molecular flexibility index (Phi) is 3.90. The fraction of sp³-hybridized carbons (Fsp3) is 0.412. The van der Waals surface area contributed by atoms with E-state index in [0.29, 0.717) is 6.04 Å². The van der Waals surface area contributed by atoms with Crippen molar-refractivity contribution < 1.29 is 0 Å². The van der Waals surface area contributed by atoms with Gasteiger partial charge in [-0.05, 0) is 18.1 Å². The number of aromatic nitrogens is 1. The third kappa shape index (κ3) is 2.39. The average molecular weight is 269 g/mol. The van der Waals surface area contributed by atoms with Gasteiger partial charge in [-0.15, -0.1) is 6.58 Å². The summed E-state index contributed by atoms with van der Waals surface area (Å²) in [7, 11) is 2.13. The summed E-state index contributed by atoms with van der Waals surface area (Å²) in [4.78, 5) is 2.58. The summed E-state index contributed by atoms with van der Waals surface area (Å²) < 4.78 is 2.24. The minimum absolute atomic E-state index is 0.445. The topological polar surface area (TPSA) is 20.2 Å². The van der Waals surface area contributed by atoms with Crippen LogP contribution in [0.4, 0.5) is 0 Å². The van der Waals surface area contributed by atoms with Gasteiger partial charge in [0.15, 0.2) is 0 Å². The Balaban J connectivity index is 2.02. The fourth-order valence-electron chi connectivity index (χ4n) is 3.26. The van der Waals surface area contributed by atoms with Crippen LogP contribution in [0.25, 0.3) is 10.9 Å². The van der Waals surface area contributed by atoms with Crippen molar-refractivity contribution in [3.05, 3.63) is 48.7 Å². The van der Waals surface area contributed by atoms with Crippen LogP contribution in [0, 0.1) is 0 Å². The molecule has 1 fully saturated rings. The first kappa shape index (κ1) is 13.4. The van der Waals surface area contributed by atoms with Gasteiger partial charge in [0.1, 0.15) is 0 Å². The first-order chi connectivity index (χ1) is 9.81. The van der Waals surface area contributed by atoms with Crippen LogP contribution in [0.5, 0.6) is 0 Å². The normalized spacial score (nSPS) is 18.2. The van der Waals surface area contributed by atoms with Crippen LogP contribution in [-0.2, 0) is 7.05 Å². The van der Waals surface area contributed by atoms with Crippen molar-refractivity contribution in [3.8, 4) is 0 Å². The van der Waals surface area contributed by atoms with E-state index in [1.54, 1.807) is 0 Å². The molecule has 2 aromatic rings. The van der Waals surface area contributed by atoms with Crippen molar-refractivity contribution in [2.24, 2.45) is 7.05 Å². The molecule has 1 aromatic heterocycles. The molecule has 3 nitrogen and oxygen atoms in total. The van der Waals surface area contributed by atoms with Crippen LogP contribution in [0.2, 0.25) is 0 Å². The minimum atomic E-state index is 0.445. The quantitative estimate of drug-likeness (QED) is 0.861. The molecule has 20 heavy (non-hydrogen) atoms. The van der Waals surface area contributed by atoms with Crippen molar-refractivity contribution in [1.29, 1.82) is 0 Å². The molecule has 0 bridgehead atoms. The molecule has 0 spiro atoms. The lowest BCUT2D eigenvalue weighted by atomic mass is 10.0. The average Bonchev–Trinajstić information content (AvgIpc) is 2.83. The van der Waals surface area contributed by atoms with Crippen LogP contribution in [0.1, 0.15) is 18.0 Å². The predicted octanol–water partition coefficient (Wildman–Crippen LogP) is 2.70. The highest BCUT2D eigenvalue weighted by Gasteiger charge is 2.23. The van der Waals surface area contributed by atoms with E-state index in [-0.39, 0.29) is 0 Å². The van der Waals surface area contributed by atoms with Gasteiger partial charge in [0.25, 0.3) is 0 Å². The van der Waals surface area contributed by atoms with Crippen LogP contribution in [-0.4, -0.2) is 35.6 Å². The molecule has 1 aliphatic heterocycles. The number of aryl methyl sites for hydroxylation is 1. The van der Waals surface area contributed by atoms with E-state index in [4.69, 9.17) is 0 Å². The van der Waals surface area contributed by atoms with Gasteiger partial charge in [0.05, 0.1) is 0 Å². The summed E-state index contributed by atoms with van der Waals surface area (Å²) in [5, 5.41) is 4.81. The van der Waals surface area contributed by atoms with Crippen molar-refractivity contribution in [2.75, 3.05) is 26.2 Å². The van der Waals surface area contributed by atoms with E-state index in [2.05, 4.69) is 64.9 Å². The molecule has 1 N–H and O–H groups in total. The number of hydrogen-bond donors (Lipinski definition) is 1. The molecule has 1 aromatic carbocycles. The summed E-state index contributed by atoms with van der Waals surface area (Å²) in [6.45, 7) is 8.35. The molecule has 1 atom stereocenters. The Hall–Kier alpha value is -1.58. The van der Waals surface area contributed by atoms with Crippen molar-refractivity contribution in [1.82, 2.24) is 14.8 Å². The summed E-state index contributed by atoms with van der Waals surface area (Å²) in [5.74, 6) is 0. The second-order valence-electron chi connectivity index (χ2n) is 5.54. The number of nitrogens with zero attached hydrogens (tertiary/aromatic N) is 2. The third-order valence-electron chi connectivity index (χ3n) is 4.27. The summed E-state index contributed by atoms with van der Waals surface area (Å²) in [5.41, 5.74) is 2.75. The minimum Gasteiger partial charge on any atom is -0.350 e. The number of piperazine rings is 1. The highest BCUT2D eigenvalue weighted by atomic mass is 15.2. The van der Waals surface area contributed by atoms with Gasteiger partial charge < -0.3 is 9.88 Å². The third-order valence-corrected chi connectivity index (χ3v) is 4.27. The van der Waals surface area contributed by atoms with E-state index in [9.17, 15) is 0 Å². The summed E-state index contributed by atoms with van der Waals surface area (Å²) in [6, 6.07) is 9.12. The predicted molar refractivity (Wildman–Crippen MR) is 84.9 cm³/mol. The molecule has 3 rings (SSSR count). The number of fused-ring (bicyclic) bond motifs is 1. The standard InChI is InChI=1S/C17H23N3/c1-3-6-17(20-11-9-18-10-12-20)15-13-19(2)16-8-5-4-7-14(15)16/h3-5,7-8,13,17-18H,1,6,9-12H2,2H3/t17-/m0/s1. The van der Waals surface area contributed by atoms with E-state index in [1.165, 1.54) is 16.5 Å². The molecule has 0 unspecified atom stereocenters. The Morgan fingerprint density at radius 3 is 2.80 bits per heavy atom. The molecule has 0 radical (unpaired) electrons. The Morgan fingerprint density at radius 2 is 2.05 bits per heavy atom. The first-order valence-electron chi connectivity index (χ1n) is 7.41. The van der Waals surface area contributed by atoms with Gasteiger partial charge >= 0.3 is 0 Å². The summed E-state index contributed by atoms with van der Waals surface area (Å²) in [6.07, 6.45) is 5.35. The molecule has 1 aliphatic rings. The molecule has 1 saturated heterocycles. The highest BCUT2D eigenvalue weighted by Crippen LogP contribution is 2.32. The first-order valence-corrected chi connectivity index (χ1v) is 7.41. The molecule has 0 amide bonds. The number of para-hydroxylation sites is 1. The largest absolute Gasteiger partial charge is 0.350 e. The fourth-order valence-corrected chi connectivity index (χ4v) is 3.26. The zero-order valence-electron chi connectivity index (χ0n) is 12.2. The monoisotopic (exact) mass is 269 g/mol. The van der Waals surface area contributed by atoms with Crippen molar-refractivity contribution in [2.45, 2.75) is 12.5 Å². The lowest BCUT2D eigenvalue weighted by Gasteiger charge is -2.34. The number of rotatable bonds is 4. The lowest BCUT2D eigenvalue weighted by molar-refractivity contribution is 0.175. The van der Waals surface area contributed by atoms with Gasteiger partial charge in [-0.2, -0.15) is 0 Å². The Bertz CT molecular complexity index is 593. The Morgan fingerprint density at radius 1 is 1.30 bits per heavy atom. The zero-order valence-corrected chi connectivity index (χ0v) is 12.2. The van der Waals surface area contributed by atoms with Crippen LogP contribution in [0.15, 0.2) is 43.1 Å². The lowest BCUT2D eigenvalue weighted by Crippen LogP contribution is -2.45. The van der Waals surface area contributed by atoms with E-state index >= 15 is 0 Å². The molecule has 0 saturated carbocycles. The van der Waals surface area contributed by atoms with E-state index in [0.717, 1.165) is 32.6 Å². The Labute approximate surface area is 120 Å². The van der Waals surface area contributed by atoms with Crippen LogP contribution < -0.4 is 5.32 Å². The second-order valence-corrected chi connectivity index (χ2v) is 5.54. The zero-order chi connectivity index (χ0) is 13.9. The van der Waals surface area contributed by atoms with Gasteiger partial charge in [-0.25, -0.2) is 0 Å². The SMILES string of the molecule is C=CC[C@@H](c1cn(C)c2ccccc12)N1CCNCC1. The highest BCUT2D eigenvalue weighted by molar-refractivity contribution is 5.84. The van der Waals surface area contributed by atoms with Crippen molar-refractivity contribution >= 4 is 10.9 Å². The van der Waals surface area contributed by atoms with Gasteiger partial charge in [0, 0.05) is 56.4 Å². The second kappa shape index (κ2) is 5.81. The van der Waals surface area contributed by atoms with Crippen LogP contribution in [0.3, 0.4) is 0 Å². The molecular formula is C17H23N3. The van der Waals surface area contributed by atoms with Gasteiger partial charge in [-0.3, -0.25) is 4.90 Å². The van der Waals surface area contributed by atoms with E-state index < -0.39 is 0 Å². The number of hydrogen-bond acceptors (Lipinski definition) is 2. The molecule has 3 heteroatoms. The van der Waals surface area contributed by atoms with Gasteiger partial charge in [-0.1, -0.05) is 24.3 Å². The molecule has 2 heterocycles. The van der Waals surface area contributed by atoms with Gasteiger partial charge in [0.2, 0.25) is 0 Å². The molecule has 106 valence electrons. The van der Waals surface area contributed by atoms with E-state index in [1.807, 2.05) is 0 Å². The van der Waals surface area contributed by atoms with Crippen LogP contribution >= 0.6 is 0 Å². The number of nitrogens with one attached hydrogen (secondary N) is 1. The molecular weight excluding hydrogens is 246 g/mol. The maximum Gasteiger partial charge on any atom is 0.0481 e.